The summed E-state index contributed by atoms with van der Waals surface area (Å²) in [6.07, 6.45) is 3.07. The first-order valence-electron chi connectivity index (χ1n) is 4.37. The average molecular weight is 196 g/mol. The minimum Gasteiger partial charge on any atom is -0.330 e. The molecule has 2 N–H and O–H groups in total. The molecule has 0 bridgehead atoms. The first-order chi connectivity index (χ1) is 6.24. The highest BCUT2D eigenvalue weighted by molar-refractivity contribution is 6.30. The molecule has 0 unspecified atom stereocenters. The number of nitrogens with two attached hydrogens (primary N) is 1. The largest absolute Gasteiger partial charge is 0.330 e. The summed E-state index contributed by atoms with van der Waals surface area (Å²) < 4.78 is 0. The third-order valence-electron chi connectivity index (χ3n) is 1.92. The molecule has 0 aromatic heterocycles. The van der Waals surface area contributed by atoms with Crippen molar-refractivity contribution in [1.82, 2.24) is 0 Å². The lowest BCUT2D eigenvalue weighted by atomic mass is 10.1. The highest BCUT2D eigenvalue weighted by atomic mass is 35.5. The molecule has 2 heteroatoms. The molecule has 13 heavy (non-hydrogen) atoms. The summed E-state index contributed by atoms with van der Waals surface area (Å²) in [6.45, 7) is 2.78. The molecule has 0 saturated heterocycles. The van der Waals surface area contributed by atoms with Gasteiger partial charge < -0.3 is 5.73 Å². The molecule has 0 radical (unpaired) electrons. The van der Waals surface area contributed by atoms with E-state index in [4.69, 9.17) is 17.3 Å². The fourth-order valence-corrected chi connectivity index (χ4v) is 1.26. The van der Waals surface area contributed by atoms with Crippen molar-refractivity contribution in [3.8, 4) is 0 Å². The van der Waals surface area contributed by atoms with Crippen molar-refractivity contribution in [3.63, 3.8) is 0 Å². The molecule has 1 rings (SSSR count). The van der Waals surface area contributed by atoms with Crippen molar-refractivity contribution in [2.24, 2.45) is 5.73 Å². The number of hydrogen-bond donors (Lipinski definition) is 1. The van der Waals surface area contributed by atoms with Gasteiger partial charge in [0.15, 0.2) is 0 Å². The lowest BCUT2D eigenvalue weighted by molar-refractivity contribution is 1.01. The molecule has 0 spiro atoms. The molecule has 1 nitrogen and oxygen atoms in total. The number of benzene rings is 1. The van der Waals surface area contributed by atoms with Crippen LogP contribution in [-0.2, 0) is 0 Å². The van der Waals surface area contributed by atoms with E-state index < -0.39 is 0 Å². The van der Waals surface area contributed by atoms with E-state index in [1.807, 2.05) is 24.3 Å². The molecular weight excluding hydrogens is 182 g/mol. The van der Waals surface area contributed by atoms with Crippen LogP contribution < -0.4 is 5.73 Å². The Balaban J connectivity index is 2.77. The second-order valence-electron chi connectivity index (χ2n) is 2.97. The van der Waals surface area contributed by atoms with Gasteiger partial charge in [-0.3, -0.25) is 0 Å². The second kappa shape index (κ2) is 5.05. The minimum absolute atomic E-state index is 0.699. The normalized spacial score (nSPS) is 11.8. The van der Waals surface area contributed by atoms with Crippen LogP contribution in [0.25, 0.3) is 5.57 Å². The summed E-state index contributed by atoms with van der Waals surface area (Å²) in [5.41, 5.74) is 7.87. The average Bonchev–Trinajstić information content (AvgIpc) is 2.15. The molecule has 0 atom stereocenters. The zero-order chi connectivity index (χ0) is 9.68. The van der Waals surface area contributed by atoms with E-state index >= 15 is 0 Å². The van der Waals surface area contributed by atoms with E-state index in [-0.39, 0.29) is 0 Å². The first-order valence-corrected chi connectivity index (χ1v) is 4.74. The Morgan fingerprint density at radius 2 is 2.00 bits per heavy atom. The van der Waals surface area contributed by atoms with E-state index in [0.717, 1.165) is 11.4 Å². The van der Waals surface area contributed by atoms with Crippen molar-refractivity contribution in [3.05, 3.63) is 40.9 Å². The van der Waals surface area contributed by atoms with Crippen LogP contribution in [0.1, 0.15) is 18.9 Å². The van der Waals surface area contributed by atoms with Gasteiger partial charge in [0, 0.05) is 5.02 Å². The van der Waals surface area contributed by atoms with Gasteiger partial charge in [-0.05, 0) is 43.2 Å². The summed E-state index contributed by atoms with van der Waals surface area (Å²) in [5, 5.41) is 0.773. The summed E-state index contributed by atoms with van der Waals surface area (Å²) in [5.74, 6) is 0. The highest BCUT2D eigenvalue weighted by Gasteiger charge is 1.94. The Morgan fingerprint density at radius 1 is 1.38 bits per heavy atom. The van der Waals surface area contributed by atoms with Crippen LogP contribution in [0.15, 0.2) is 30.3 Å². The van der Waals surface area contributed by atoms with Gasteiger partial charge >= 0.3 is 0 Å². The third kappa shape index (κ3) is 3.21. The monoisotopic (exact) mass is 195 g/mol. The van der Waals surface area contributed by atoms with Gasteiger partial charge in [0.05, 0.1) is 0 Å². The molecule has 70 valence electrons. The summed E-state index contributed by atoms with van der Waals surface area (Å²) in [4.78, 5) is 0. The Labute approximate surface area is 84.2 Å². The topological polar surface area (TPSA) is 26.0 Å². The molecular formula is C11H14ClN. The standard InChI is InChI=1S/C11H14ClN/c1-9(3-2-8-13)10-4-6-11(12)7-5-10/h3-7H,2,8,13H2,1H3. The molecule has 0 fully saturated rings. The third-order valence-corrected chi connectivity index (χ3v) is 2.17. The van der Waals surface area contributed by atoms with Gasteiger partial charge in [0.25, 0.3) is 0 Å². The van der Waals surface area contributed by atoms with Crippen molar-refractivity contribution in [1.29, 1.82) is 0 Å². The maximum Gasteiger partial charge on any atom is 0.0406 e. The molecule has 1 aromatic carbocycles. The van der Waals surface area contributed by atoms with Crippen LogP contribution in [0.5, 0.6) is 0 Å². The van der Waals surface area contributed by atoms with Gasteiger partial charge in [-0.25, -0.2) is 0 Å². The van der Waals surface area contributed by atoms with E-state index in [1.54, 1.807) is 0 Å². The Morgan fingerprint density at radius 3 is 2.54 bits per heavy atom. The van der Waals surface area contributed by atoms with Gasteiger partial charge in [0.2, 0.25) is 0 Å². The molecule has 0 aliphatic rings. The summed E-state index contributed by atoms with van der Waals surface area (Å²) in [7, 11) is 0. The van der Waals surface area contributed by atoms with Crippen molar-refractivity contribution >= 4 is 17.2 Å². The Bertz CT molecular complexity index is 287. The number of halogens is 1. The fourth-order valence-electron chi connectivity index (χ4n) is 1.13. The SMILES string of the molecule is CC(=CCCN)c1ccc(Cl)cc1. The molecule has 0 saturated carbocycles. The zero-order valence-electron chi connectivity index (χ0n) is 7.76. The first kappa shape index (κ1) is 10.3. The van der Waals surface area contributed by atoms with Crippen LogP contribution in [0.4, 0.5) is 0 Å². The lowest BCUT2D eigenvalue weighted by Crippen LogP contribution is -1.95. The van der Waals surface area contributed by atoms with Crippen molar-refractivity contribution in [2.45, 2.75) is 13.3 Å². The van der Waals surface area contributed by atoms with Gasteiger partial charge in [-0.2, -0.15) is 0 Å². The van der Waals surface area contributed by atoms with Crippen molar-refractivity contribution in [2.75, 3.05) is 6.54 Å². The second-order valence-corrected chi connectivity index (χ2v) is 3.41. The maximum absolute atomic E-state index is 5.78. The van der Waals surface area contributed by atoms with Gasteiger partial charge in [0.1, 0.15) is 0 Å². The van der Waals surface area contributed by atoms with Crippen molar-refractivity contribution < 1.29 is 0 Å². The Kier molecular flexibility index (Phi) is 4.00. The number of allylic oxidation sites excluding steroid dienone is 1. The zero-order valence-corrected chi connectivity index (χ0v) is 8.51. The summed E-state index contributed by atoms with van der Waals surface area (Å²) >= 11 is 5.78. The van der Waals surface area contributed by atoms with E-state index in [2.05, 4.69) is 13.0 Å². The van der Waals surface area contributed by atoms with Gasteiger partial charge in [-0.15, -0.1) is 0 Å². The van der Waals surface area contributed by atoms with Crippen LogP contribution in [0.2, 0.25) is 5.02 Å². The van der Waals surface area contributed by atoms with E-state index in [9.17, 15) is 0 Å². The Hall–Kier alpha value is -0.790. The number of rotatable bonds is 3. The molecule has 1 aromatic rings. The quantitative estimate of drug-likeness (QED) is 0.788. The molecule has 0 aliphatic carbocycles. The molecule has 0 aliphatic heterocycles. The van der Waals surface area contributed by atoms with E-state index in [1.165, 1.54) is 11.1 Å². The van der Waals surface area contributed by atoms with Crippen LogP contribution in [0, 0.1) is 0 Å². The number of hydrogen-bond acceptors (Lipinski definition) is 1. The maximum atomic E-state index is 5.78. The summed E-state index contributed by atoms with van der Waals surface area (Å²) in [6, 6.07) is 7.84. The van der Waals surface area contributed by atoms with E-state index in [0.29, 0.717) is 6.54 Å². The van der Waals surface area contributed by atoms with Gasteiger partial charge in [-0.1, -0.05) is 29.8 Å². The van der Waals surface area contributed by atoms with Crippen LogP contribution in [0.3, 0.4) is 0 Å². The van der Waals surface area contributed by atoms with Crippen LogP contribution in [-0.4, -0.2) is 6.54 Å². The lowest BCUT2D eigenvalue weighted by Gasteiger charge is -2.00. The van der Waals surface area contributed by atoms with Crippen LogP contribution >= 0.6 is 11.6 Å². The molecule has 0 heterocycles. The molecule has 0 amide bonds. The predicted molar refractivity (Wildman–Crippen MR) is 58.8 cm³/mol. The highest BCUT2D eigenvalue weighted by Crippen LogP contribution is 2.17. The smallest absolute Gasteiger partial charge is 0.0406 e. The minimum atomic E-state index is 0.699. The fraction of sp³-hybridized carbons (Fsp3) is 0.273. The predicted octanol–water partition coefficient (Wildman–Crippen LogP) is 3.09.